The summed E-state index contributed by atoms with van der Waals surface area (Å²) in [6.07, 6.45) is 0. The predicted molar refractivity (Wildman–Crippen MR) is 223 cm³/mol. The second-order valence-electron chi connectivity index (χ2n) is 13.7. The fourth-order valence-corrected chi connectivity index (χ4v) is 8.15. The van der Waals surface area contributed by atoms with E-state index in [-0.39, 0.29) is 0 Å². The number of hydrogen-bond donors (Lipinski definition) is 0. The van der Waals surface area contributed by atoms with Crippen LogP contribution in [-0.2, 0) is 0 Å². The first-order valence-electron chi connectivity index (χ1n) is 18.3. The van der Waals surface area contributed by atoms with Gasteiger partial charge in [0.25, 0.3) is 0 Å². The van der Waals surface area contributed by atoms with Crippen molar-refractivity contribution in [3.05, 3.63) is 194 Å². The molecule has 0 aliphatic heterocycles. The van der Waals surface area contributed by atoms with Crippen LogP contribution in [0.15, 0.2) is 203 Å². The molecule has 11 aromatic rings. The molecule has 3 heterocycles. The summed E-state index contributed by atoms with van der Waals surface area (Å²) < 4.78 is 15.9. The number of furan rings is 2. The number of nitrogens with zero attached hydrogens (tertiary/aromatic N) is 2. The van der Waals surface area contributed by atoms with Gasteiger partial charge in [-0.3, -0.25) is 0 Å². The summed E-state index contributed by atoms with van der Waals surface area (Å²) in [6.45, 7) is 0. The van der Waals surface area contributed by atoms with Gasteiger partial charge in [0.05, 0.1) is 11.2 Å². The van der Waals surface area contributed by atoms with Crippen LogP contribution in [-0.4, -0.2) is 4.57 Å². The van der Waals surface area contributed by atoms with E-state index in [4.69, 9.17) is 8.83 Å². The third-order valence-electron chi connectivity index (χ3n) is 10.6. The fourth-order valence-electron chi connectivity index (χ4n) is 8.15. The van der Waals surface area contributed by atoms with Crippen LogP contribution in [0.25, 0.3) is 82.9 Å². The summed E-state index contributed by atoms with van der Waals surface area (Å²) in [5.41, 5.74) is 14.3. The van der Waals surface area contributed by atoms with Crippen LogP contribution >= 0.6 is 0 Å². The Kier molecular flexibility index (Phi) is 6.82. The van der Waals surface area contributed by atoms with E-state index in [0.29, 0.717) is 0 Å². The molecule has 11 rings (SSSR count). The molecule has 0 N–H and O–H groups in total. The number of anilines is 3. The summed E-state index contributed by atoms with van der Waals surface area (Å²) in [7, 11) is 0. The van der Waals surface area contributed by atoms with Gasteiger partial charge in [0.1, 0.15) is 16.7 Å². The van der Waals surface area contributed by atoms with E-state index >= 15 is 0 Å². The fraction of sp³-hybridized carbons (Fsp3) is 0. The molecule has 0 atom stereocenters. The molecule has 0 aliphatic rings. The van der Waals surface area contributed by atoms with Gasteiger partial charge in [0.15, 0.2) is 11.2 Å². The van der Waals surface area contributed by atoms with Crippen molar-refractivity contribution >= 4 is 72.0 Å². The topological polar surface area (TPSA) is 34.5 Å². The van der Waals surface area contributed by atoms with Crippen LogP contribution in [0.2, 0.25) is 0 Å². The zero-order valence-electron chi connectivity index (χ0n) is 29.2. The molecular formula is C50H32N2O2. The quantitative estimate of drug-likeness (QED) is 0.174. The average Bonchev–Trinajstić information content (AvgIpc) is 3.92. The molecule has 0 aliphatic carbocycles. The van der Waals surface area contributed by atoms with Crippen molar-refractivity contribution in [2.24, 2.45) is 0 Å². The summed E-state index contributed by atoms with van der Waals surface area (Å²) in [4.78, 5) is 2.30. The molecule has 0 unspecified atom stereocenters. The molecule has 254 valence electrons. The Hall–Kier alpha value is -7.30. The number of para-hydroxylation sites is 5. The number of hydrogen-bond acceptors (Lipinski definition) is 3. The lowest BCUT2D eigenvalue weighted by Crippen LogP contribution is -2.10. The predicted octanol–water partition coefficient (Wildman–Crippen LogP) is 14.2. The van der Waals surface area contributed by atoms with E-state index in [9.17, 15) is 0 Å². The standard InChI is InChI=1S/C50H32N2O2/c1-3-14-33(15-4-1)34-28-30-37(31-29-34)51(45-26-13-23-41-40-20-8-10-27-46(40)53-49(41)45)38-19-11-16-35(32-38)39-22-12-24-43-47-50(54-48(39)43)42-21-7-9-25-44(42)52(47)36-17-5-2-6-18-36/h1-32H. The minimum atomic E-state index is 0.848. The first kappa shape index (κ1) is 30.3. The Morgan fingerprint density at radius 1 is 0.389 bits per heavy atom. The van der Waals surface area contributed by atoms with Gasteiger partial charge >= 0.3 is 0 Å². The first-order valence-corrected chi connectivity index (χ1v) is 18.3. The Morgan fingerprint density at radius 2 is 1.04 bits per heavy atom. The van der Waals surface area contributed by atoms with Gasteiger partial charge in [0.2, 0.25) is 0 Å². The van der Waals surface area contributed by atoms with E-state index < -0.39 is 0 Å². The lowest BCUT2D eigenvalue weighted by Gasteiger charge is -2.26. The third kappa shape index (κ3) is 4.70. The van der Waals surface area contributed by atoms with Gasteiger partial charge in [0, 0.05) is 44.2 Å². The second-order valence-corrected chi connectivity index (χ2v) is 13.7. The van der Waals surface area contributed by atoms with Crippen LogP contribution in [0.5, 0.6) is 0 Å². The van der Waals surface area contributed by atoms with Gasteiger partial charge in [-0.2, -0.15) is 0 Å². The van der Waals surface area contributed by atoms with E-state index in [2.05, 4.69) is 191 Å². The van der Waals surface area contributed by atoms with Gasteiger partial charge in [-0.1, -0.05) is 127 Å². The average molecular weight is 693 g/mol. The van der Waals surface area contributed by atoms with Gasteiger partial charge < -0.3 is 18.3 Å². The number of benzene rings is 8. The summed E-state index contributed by atoms with van der Waals surface area (Å²) in [5.74, 6) is 0. The normalized spacial score (nSPS) is 11.7. The van der Waals surface area contributed by atoms with E-state index in [1.807, 2.05) is 12.1 Å². The Balaban J connectivity index is 1.11. The highest BCUT2D eigenvalue weighted by Gasteiger charge is 2.23. The molecule has 0 bridgehead atoms. The van der Waals surface area contributed by atoms with Crippen molar-refractivity contribution in [2.45, 2.75) is 0 Å². The minimum absolute atomic E-state index is 0.848. The lowest BCUT2D eigenvalue weighted by atomic mass is 10.0. The second kappa shape index (κ2) is 12.1. The summed E-state index contributed by atoms with van der Waals surface area (Å²) in [5, 5.41) is 4.36. The van der Waals surface area contributed by atoms with E-state index in [1.165, 1.54) is 11.1 Å². The Bertz CT molecular complexity index is 3150. The molecule has 0 fully saturated rings. The highest BCUT2D eigenvalue weighted by molar-refractivity contribution is 6.18. The molecule has 4 heteroatoms. The van der Waals surface area contributed by atoms with Crippen molar-refractivity contribution in [1.82, 2.24) is 4.57 Å². The maximum atomic E-state index is 6.92. The van der Waals surface area contributed by atoms with Crippen molar-refractivity contribution in [1.29, 1.82) is 0 Å². The highest BCUT2D eigenvalue weighted by Crippen LogP contribution is 2.45. The van der Waals surface area contributed by atoms with Crippen LogP contribution in [0, 0.1) is 0 Å². The van der Waals surface area contributed by atoms with Crippen molar-refractivity contribution in [3.63, 3.8) is 0 Å². The zero-order chi connectivity index (χ0) is 35.6. The molecule has 3 aromatic heterocycles. The molecule has 8 aromatic carbocycles. The van der Waals surface area contributed by atoms with Crippen LogP contribution in [0.1, 0.15) is 0 Å². The van der Waals surface area contributed by atoms with E-state index in [1.54, 1.807) is 0 Å². The van der Waals surface area contributed by atoms with Crippen molar-refractivity contribution in [3.8, 4) is 27.9 Å². The summed E-state index contributed by atoms with van der Waals surface area (Å²) >= 11 is 0. The molecule has 0 saturated carbocycles. The largest absolute Gasteiger partial charge is 0.454 e. The molecule has 4 nitrogen and oxygen atoms in total. The third-order valence-corrected chi connectivity index (χ3v) is 10.6. The number of rotatable bonds is 6. The van der Waals surface area contributed by atoms with Crippen LogP contribution in [0.4, 0.5) is 17.1 Å². The zero-order valence-corrected chi connectivity index (χ0v) is 29.2. The molecule has 0 amide bonds. The van der Waals surface area contributed by atoms with Gasteiger partial charge in [-0.05, 0) is 83.4 Å². The first-order chi connectivity index (χ1) is 26.8. The van der Waals surface area contributed by atoms with Crippen LogP contribution < -0.4 is 4.90 Å². The minimum Gasteiger partial charge on any atom is -0.454 e. The van der Waals surface area contributed by atoms with Gasteiger partial charge in [-0.15, -0.1) is 0 Å². The maximum Gasteiger partial charge on any atom is 0.161 e. The number of aromatic nitrogens is 1. The van der Waals surface area contributed by atoms with E-state index in [0.717, 1.165) is 88.8 Å². The molecule has 54 heavy (non-hydrogen) atoms. The Labute approximate surface area is 311 Å². The molecular weight excluding hydrogens is 661 g/mol. The van der Waals surface area contributed by atoms with Crippen LogP contribution in [0.3, 0.4) is 0 Å². The van der Waals surface area contributed by atoms with Gasteiger partial charge in [-0.25, -0.2) is 0 Å². The number of fused-ring (bicyclic) bond motifs is 8. The summed E-state index contributed by atoms with van der Waals surface area (Å²) in [6, 6.07) is 68.2. The monoisotopic (exact) mass is 692 g/mol. The Morgan fingerprint density at radius 3 is 1.89 bits per heavy atom. The van der Waals surface area contributed by atoms with Crippen molar-refractivity contribution < 1.29 is 8.83 Å². The molecule has 0 radical (unpaired) electrons. The molecule has 0 spiro atoms. The lowest BCUT2D eigenvalue weighted by molar-refractivity contribution is 0.669. The van der Waals surface area contributed by atoms with Crippen molar-refractivity contribution in [2.75, 3.05) is 4.90 Å². The maximum absolute atomic E-state index is 6.92. The highest BCUT2D eigenvalue weighted by atomic mass is 16.3. The smallest absolute Gasteiger partial charge is 0.161 e. The molecule has 0 saturated heterocycles. The SMILES string of the molecule is c1ccc(-c2ccc(N(c3cccc(-c4cccc5c4oc4c6ccccc6n(-c6ccccc6)c54)c3)c3cccc4c3oc3ccccc34)cc2)cc1.